The molecular formula is C13H13F3O3. The molecule has 104 valence electrons. The lowest BCUT2D eigenvalue weighted by molar-refractivity contribution is -0.274. The molecule has 0 bridgehead atoms. The molecule has 0 saturated carbocycles. The molecule has 1 fully saturated rings. The van der Waals surface area contributed by atoms with E-state index in [2.05, 4.69) is 4.74 Å². The van der Waals surface area contributed by atoms with E-state index in [1.54, 1.807) is 6.92 Å². The van der Waals surface area contributed by atoms with Crippen LogP contribution >= 0.6 is 0 Å². The Hall–Kier alpha value is -1.56. The third-order valence-corrected chi connectivity index (χ3v) is 3.06. The van der Waals surface area contributed by atoms with Crippen molar-refractivity contribution >= 4 is 5.78 Å². The number of ether oxygens (including phenoxy) is 2. The van der Waals surface area contributed by atoms with Gasteiger partial charge in [-0.15, -0.1) is 13.2 Å². The van der Waals surface area contributed by atoms with Gasteiger partial charge < -0.3 is 9.47 Å². The molecule has 0 N–H and O–H groups in total. The molecule has 2 rings (SSSR count). The molecule has 0 radical (unpaired) electrons. The van der Waals surface area contributed by atoms with Gasteiger partial charge in [-0.25, -0.2) is 0 Å². The van der Waals surface area contributed by atoms with Crippen LogP contribution in [-0.2, 0) is 4.74 Å². The van der Waals surface area contributed by atoms with Crippen LogP contribution in [0.15, 0.2) is 24.3 Å². The third kappa shape index (κ3) is 3.07. The fourth-order valence-corrected chi connectivity index (χ4v) is 2.11. The number of halogens is 3. The van der Waals surface area contributed by atoms with Crippen molar-refractivity contribution in [3.8, 4) is 5.75 Å². The second-order valence-electron chi connectivity index (χ2n) is 4.56. The zero-order valence-electron chi connectivity index (χ0n) is 10.3. The highest BCUT2D eigenvalue weighted by Crippen LogP contribution is 2.34. The molecule has 1 aromatic carbocycles. The van der Waals surface area contributed by atoms with Gasteiger partial charge >= 0.3 is 6.36 Å². The normalized spacial score (nSPS) is 23.4. The number of hydrogen-bond donors (Lipinski definition) is 0. The maximum atomic E-state index is 12.3. The molecule has 0 aromatic heterocycles. The monoisotopic (exact) mass is 274 g/mol. The standard InChI is InChI=1S/C13H13F3O3/c1-12(7-4-8-18-12)11(17)9-5-2-3-6-10(9)19-13(14,15)16/h2-3,5-6H,4,7-8H2,1H3. The molecule has 6 heteroatoms. The number of hydrogen-bond acceptors (Lipinski definition) is 3. The molecule has 0 spiro atoms. The van der Waals surface area contributed by atoms with Crippen LogP contribution < -0.4 is 4.74 Å². The number of Topliss-reactive ketones (excluding diaryl/α,β-unsaturated/α-hetero) is 1. The SMILES string of the molecule is CC1(C(=O)c2ccccc2OC(F)(F)F)CCCO1. The summed E-state index contributed by atoms with van der Waals surface area (Å²) < 4.78 is 46.1. The first-order valence-corrected chi connectivity index (χ1v) is 5.85. The molecule has 0 amide bonds. The largest absolute Gasteiger partial charge is 0.573 e. The Labute approximate surface area is 108 Å². The van der Waals surface area contributed by atoms with Crippen LogP contribution in [0.25, 0.3) is 0 Å². The van der Waals surface area contributed by atoms with Crippen molar-refractivity contribution in [3.63, 3.8) is 0 Å². The number of rotatable bonds is 3. The molecule has 1 aliphatic rings. The first kappa shape index (κ1) is 13.9. The Morgan fingerprint density at radius 2 is 2.05 bits per heavy atom. The lowest BCUT2D eigenvalue weighted by atomic mass is 9.91. The van der Waals surface area contributed by atoms with Crippen LogP contribution in [0.5, 0.6) is 5.75 Å². The molecule has 1 atom stereocenters. The van der Waals surface area contributed by atoms with Crippen molar-refractivity contribution < 1.29 is 27.4 Å². The molecule has 1 saturated heterocycles. The van der Waals surface area contributed by atoms with Crippen molar-refractivity contribution in [3.05, 3.63) is 29.8 Å². The Kier molecular flexibility index (Phi) is 3.54. The molecular weight excluding hydrogens is 261 g/mol. The summed E-state index contributed by atoms with van der Waals surface area (Å²) in [5.74, 6) is -0.971. The molecule has 1 unspecified atom stereocenters. The van der Waals surface area contributed by atoms with E-state index >= 15 is 0 Å². The summed E-state index contributed by atoms with van der Waals surface area (Å²) in [5, 5.41) is 0. The van der Waals surface area contributed by atoms with Crippen LogP contribution in [0.1, 0.15) is 30.1 Å². The summed E-state index contributed by atoms with van der Waals surface area (Å²) >= 11 is 0. The average Bonchev–Trinajstić information content (AvgIpc) is 2.75. The van der Waals surface area contributed by atoms with Gasteiger partial charge in [0.25, 0.3) is 0 Å². The molecule has 1 aliphatic heterocycles. The molecule has 0 aliphatic carbocycles. The summed E-state index contributed by atoms with van der Waals surface area (Å²) in [6.45, 7) is 2.03. The predicted molar refractivity (Wildman–Crippen MR) is 61.0 cm³/mol. The van der Waals surface area contributed by atoms with E-state index in [0.717, 1.165) is 6.07 Å². The van der Waals surface area contributed by atoms with Crippen LogP contribution in [-0.4, -0.2) is 24.4 Å². The van der Waals surface area contributed by atoms with E-state index in [1.165, 1.54) is 18.2 Å². The Balaban J connectivity index is 2.32. The number of ketones is 1. The third-order valence-electron chi connectivity index (χ3n) is 3.06. The lowest BCUT2D eigenvalue weighted by Crippen LogP contribution is -2.35. The van der Waals surface area contributed by atoms with Gasteiger partial charge in [0, 0.05) is 6.61 Å². The first-order chi connectivity index (χ1) is 8.82. The Morgan fingerprint density at radius 1 is 1.37 bits per heavy atom. The van der Waals surface area contributed by atoms with Crippen molar-refractivity contribution in [1.82, 2.24) is 0 Å². The van der Waals surface area contributed by atoms with E-state index in [1.807, 2.05) is 0 Å². The lowest BCUT2D eigenvalue weighted by Gasteiger charge is -2.23. The van der Waals surface area contributed by atoms with Crippen LogP contribution in [0.2, 0.25) is 0 Å². The van der Waals surface area contributed by atoms with Gasteiger partial charge in [-0.1, -0.05) is 12.1 Å². The number of carbonyl (C=O) groups excluding carboxylic acids is 1. The number of para-hydroxylation sites is 1. The minimum absolute atomic E-state index is 0.107. The second kappa shape index (κ2) is 4.85. The van der Waals surface area contributed by atoms with Crippen LogP contribution in [0.3, 0.4) is 0 Å². The van der Waals surface area contributed by atoms with Crippen molar-refractivity contribution in [2.75, 3.05) is 6.61 Å². The summed E-state index contributed by atoms with van der Waals surface area (Å²) in [6.07, 6.45) is -3.62. The zero-order valence-corrected chi connectivity index (χ0v) is 10.3. The van der Waals surface area contributed by atoms with Gasteiger partial charge in [0.15, 0.2) is 5.78 Å². The number of benzene rings is 1. The zero-order chi connectivity index (χ0) is 14.1. The predicted octanol–water partition coefficient (Wildman–Crippen LogP) is 3.34. The van der Waals surface area contributed by atoms with E-state index in [4.69, 9.17) is 4.74 Å². The van der Waals surface area contributed by atoms with E-state index in [-0.39, 0.29) is 5.56 Å². The Morgan fingerprint density at radius 3 is 2.63 bits per heavy atom. The van der Waals surface area contributed by atoms with Gasteiger partial charge in [-0.2, -0.15) is 0 Å². The second-order valence-corrected chi connectivity index (χ2v) is 4.56. The van der Waals surface area contributed by atoms with Gasteiger partial charge in [0.2, 0.25) is 0 Å². The van der Waals surface area contributed by atoms with Crippen molar-refractivity contribution in [1.29, 1.82) is 0 Å². The number of alkyl halides is 3. The highest BCUT2D eigenvalue weighted by atomic mass is 19.4. The maximum absolute atomic E-state index is 12.3. The van der Waals surface area contributed by atoms with Gasteiger partial charge in [-0.3, -0.25) is 4.79 Å². The smallest absolute Gasteiger partial charge is 0.405 e. The summed E-state index contributed by atoms with van der Waals surface area (Å²) in [4.78, 5) is 12.3. The highest BCUT2D eigenvalue weighted by Gasteiger charge is 2.40. The minimum atomic E-state index is -4.83. The fraction of sp³-hybridized carbons (Fsp3) is 0.462. The fourth-order valence-electron chi connectivity index (χ4n) is 2.11. The van der Waals surface area contributed by atoms with Crippen molar-refractivity contribution in [2.45, 2.75) is 31.7 Å². The van der Waals surface area contributed by atoms with E-state index < -0.39 is 23.5 Å². The topological polar surface area (TPSA) is 35.5 Å². The average molecular weight is 274 g/mol. The summed E-state index contributed by atoms with van der Waals surface area (Å²) in [5.41, 5.74) is -1.17. The van der Waals surface area contributed by atoms with E-state index in [9.17, 15) is 18.0 Å². The maximum Gasteiger partial charge on any atom is 0.573 e. The summed E-state index contributed by atoms with van der Waals surface area (Å²) in [6, 6.07) is 5.32. The van der Waals surface area contributed by atoms with Gasteiger partial charge in [-0.05, 0) is 31.9 Å². The highest BCUT2D eigenvalue weighted by molar-refractivity contribution is 6.04. The van der Waals surface area contributed by atoms with Gasteiger partial charge in [0.1, 0.15) is 11.4 Å². The van der Waals surface area contributed by atoms with Crippen LogP contribution in [0.4, 0.5) is 13.2 Å². The van der Waals surface area contributed by atoms with Crippen LogP contribution in [0, 0.1) is 0 Å². The molecule has 3 nitrogen and oxygen atoms in total. The van der Waals surface area contributed by atoms with Crippen molar-refractivity contribution in [2.24, 2.45) is 0 Å². The van der Waals surface area contributed by atoms with E-state index in [0.29, 0.717) is 19.4 Å². The molecule has 1 heterocycles. The first-order valence-electron chi connectivity index (χ1n) is 5.85. The Bertz CT molecular complexity index is 476. The minimum Gasteiger partial charge on any atom is -0.405 e. The quantitative estimate of drug-likeness (QED) is 0.793. The summed E-state index contributed by atoms with van der Waals surface area (Å²) in [7, 11) is 0. The van der Waals surface area contributed by atoms with Gasteiger partial charge in [0.05, 0.1) is 5.56 Å². The molecule has 19 heavy (non-hydrogen) atoms. The molecule has 1 aromatic rings. The number of carbonyl (C=O) groups is 1.